The number of aryl methyl sites for hydroxylation is 1. The fourth-order valence-electron chi connectivity index (χ4n) is 1.40. The van der Waals surface area contributed by atoms with Crippen molar-refractivity contribution in [1.29, 1.82) is 0 Å². The molecule has 3 nitrogen and oxygen atoms in total. The molecule has 0 bridgehead atoms. The highest BCUT2D eigenvalue weighted by Crippen LogP contribution is 2.07. The normalized spacial score (nSPS) is 15.4. The maximum atomic E-state index is 4.14. The first-order valence-electron chi connectivity index (χ1n) is 5.34. The van der Waals surface area contributed by atoms with Crippen LogP contribution in [0.25, 0.3) is 0 Å². The summed E-state index contributed by atoms with van der Waals surface area (Å²) < 4.78 is 1.84. The molecule has 0 radical (unpaired) electrons. The Morgan fingerprint density at radius 3 is 2.71 bits per heavy atom. The Bertz CT molecular complexity index is 267. The second kappa shape index (κ2) is 5.15. The van der Waals surface area contributed by atoms with Gasteiger partial charge in [-0.05, 0) is 12.8 Å². The zero-order valence-corrected chi connectivity index (χ0v) is 9.62. The molecule has 0 aliphatic heterocycles. The van der Waals surface area contributed by atoms with Gasteiger partial charge in [-0.3, -0.25) is 4.68 Å². The summed E-state index contributed by atoms with van der Waals surface area (Å²) in [6.07, 6.45) is 5.19. The number of rotatable bonds is 5. The SMILES string of the molecule is CC[C@@H](C)[C@@H](C)NCc1cnn(C)c1. The van der Waals surface area contributed by atoms with Gasteiger partial charge < -0.3 is 5.32 Å². The summed E-state index contributed by atoms with van der Waals surface area (Å²) >= 11 is 0. The lowest BCUT2D eigenvalue weighted by Crippen LogP contribution is -2.31. The van der Waals surface area contributed by atoms with Gasteiger partial charge in [0.05, 0.1) is 6.20 Å². The van der Waals surface area contributed by atoms with Gasteiger partial charge in [-0.1, -0.05) is 20.3 Å². The molecule has 0 saturated heterocycles. The molecule has 0 saturated carbocycles. The Hall–Kier alpha value is -0.830. The van der Waals surface area contributed by atoms with Crippen LogP contribution in [0.5, 0.6) is 0 Å². The Morgan fingerprint density at radius 2 is 2.21 bits per heavy atom. The Morgan fingerprint density at radius 1 is 1.50 bits per heavy atom. The number of aromatic nitrogens is 2. The largest absolute Gasteiger partial charge is 0.310 e. The molecule has 80 valence electrons. The number of nitrogens with one attached hydrogen (secondary N) is 1. The van der Waals surface area contributed by atoms with Crippen molar-refractivity contribution in [2.75, 3.05) is 0 Å². The highest BCUT2D eigenvalue weighted by molar-refractivity contribution is 5.03. The van der Waals surface area contributed by atoms with Crippen molar-refractivity contribution in [1.82, 2.24) is 15.1 Å². The van der Waals surface area contributed by atoms with E-state index < -0.39 is 0 Å². The molecule has 0 aliphatic rings. The van der Waals surface area contributed by atoms with Gasteiger partial charge in [-0.25, -0.2) is 0 Å². The first-order chi connectivity index (χ1) is 6.63. The smallest absolute Gasteiger partial charge is 0.0534 e. The van der Waals surface area contributed by atoms with Gasteiger partial charge >= 0.3 is 0 Å². The molecular weight excluding hydrogens is 174 g/mol. The Balaban J connectivity index is 2.33. The molecule has 1 N–H and O–H groups in total. The highest BCUT2D eigenvalue weighted by atomic mass is 15.2. The standard InChI is InChI=1S/C11H21N3/c1-5-9(2)10(3)12-6-11-7-13-14(4)8-11/h7-10,12H,5-6H2,1-4H3/t9-,10-/m1/s1. The van der Waals surface area contributed by atoms with E-state index >= 15 is 0 Å². The lowest BCUT2D eigenvalue weighted by Gasteiger charge is -2.19. The maximum Gasteiger partial charge on any atom is 0.0534 e. The van der Waals surface area contributed by atoms with Crippen molar-refractivity contribution in [3.05, 3.63) is 18.0 Å². The predicted molar refractivity (Wildman–Crippen MR) is 59.0 cm³/mol. The molecule has 3 heteroatoms. The summed E-state index contributed by atoms with van der Waals surface area (Å²) in [6.45, 7) is 7.66. The zero-order chi connectivity index (χ0) is 10.6. The van der Waals surface area contributed by atoms with Crippen molar-refractivity contribution < 1.29 is 0 Å². The summed E-state index contributed by atoms with van der Waals surface area (Å²) in [7, 11) is 1.95. The monoisotopic (exact) mass is 195 g/mol. The van der Waals surface area contributed by atoms with Gasteiger partial charge in [0, 0.05) is 31.4 Å². The molecular formula is C11H21N3. The summed E-state index contributed by atoms with van der Waals surface area (Å²) in [5, 5.41) is 7.65. The minimum atomic E-state index is 0.570. The van der Waals surface area contributed by atoms with Crippen LogP contribution in [0.15, 0.2) is 12.4 Å². The maximum absolute atomic E-state index is 4.14. The molecule has 0 fully saturated rings. The third-order valence-corrected chi connectivity index (χ3v) is 2.88. The molecule has 0 spiro atoms. The third-order valence-electron chi connectivity index (χ3n) is 2.88. The average Bonchev–Trinajstić information content (AvgIpc) is 2.59. The van der Waals surface area contributed by atoms with Crippen molar-refractivity contribution in [3.8, 4) is 0 Å². The van der Waals surface area contributed by atoms with Gasteiger partial charge in [0.2, 0.25) is 0 Å². The highest BCUT2D eigenvalue weighted by Gasteiger charge is 2.09. The van der Waals surface area contributed by atoms with Gasteiger partial charge in [0.25, 0.3) is 0 Å². The fourth-order valence-corrected chi connectivity index (χ4v) is 1.40. The van der Waals surface area contributed by atoms with Crippen molar-refractivity contribution in [3.63, 3.8) is 0 Å². The van der Waals surface area contributed by atoms with Gasteiger partial charge in [0.1, 0.15) is 0 Å². The van der Waals surface area contributed by atoms with Crippen LogP contribution >= 0.6 is 0 Å². The van der Waals surface area contributed by atoms with Crippen molar-refractivity contribution in [2.24, 2.45) is 13.0 Å². The van der Waals surface area contributed by atoms with Crippen molar-refractivity contribution in [2.45, 2.75) is 39.8 Å². The molecule has 0 amide bonds. The molecule has 0 aliphatic carbocycles. The second-order valence-corrected chi connectivity index (χ2v) is 4.08. The Kier molecular flexibility index (Phi) is 4.14. The first kappa shape index (κ1) is 11.2. The fraction of sp³-hybridized carbons (Fsp3) is 0.727. The van der Waals surface area contributed by atoms with Crippen LogP contribution in [0.3, 0.4) is 0 Å². The van der Waals surface area contributed by atoms with Gasteiger partial charge in [-0.2, -0.15) is 5.10 Å². The minimum absolute atomic E-state index is 0.570. The molecule has 1 heterocycles. The van der Waals surface area contributed by atoms with E-state index in [1.54, 1.807) is 0 Å². The van der Waals surface area contributed by atoms with Crippen LogP contribution in [0, 0.1) is 5.92 Å². The summed E-state index contributed by atoms with van der Waals surface area (Å²) in [5.41, 5.74) is 1.25. The molecule has 1 aromatic heterocycles. The Labute approximate surface area is 86.5 Å². The molecule has 0 unspecified atom stereocenters. The van der Waals surface area contributed by atoms with Crippen LogP contribution in [-0.4, -0.2) is 15.8 Å². The van der Waals surface area contributed by atoms with E-state index in [1.807, 2.05) is 17.9 Å². The molecule has 0 aromatic carbocycles. The lowest BCUT2D eigenvalue weighted by atomic mass is 10.0. The van der Waals surface area contributed by atoms with E-state index in [2.05, 4.69) is 37.4 Å². The van der Waals surface area contributed by atoms with Crippen LogP contribution in [0.4, 0.5) is 0 Å². The van der Waals surface area contributed by atoms with E-state index in [0.29, 0.717) is 6.04 Å². The topological polar surface area (TPSA) is 29.9 Å². The van der Waals surface area contributed by atoms with Crippen LogP contribution in [-0.2, 0) is 13.6 Å². The van der Waals surface area contributed by atoms with E-state index in [4.69, 9.17) is 0 Å². The minimum Gasteiger partial charge on any atom is -0.310 e. The summed E-state index contributed by atoms with van der Waals surface area (Å²) in [6, 6.07) is 0.570. The van der Waals surface area contributed by atoms with Gasteiger partial charge in [-0.15, -0.1) is 0 Å². The van der Waals surface area contributed by atoms with E-state index in [0.717, 1.165) is 12.5 Å². The zero-order valence-electron chi connectivity index (χ0n) is 9.62. The molecule has 1 rings (SSSR count). The lowest BCUT2D eigenvalue weighted by molar-refractivity contribution is 0.389. The van der Waals surface area contributed by atoms with Crippen LogP contribution in [0.1, 0.15) is 32.8 Å². The first-order valence-corrected chi connectivity index (χ1v) is 5.34. The van der Waals surface area contributed by atoms with E-state index in [1.165, 1.54) is 12.0 Å². The second-order valence-electron chi connectivity index (χ2n) is 4.08. The molecule has 1 aromatic rings. The van der Waals surface area contributed by atoms with Gasteiger partial charge in [0.15, 0.2) is 0 Å². The predicted octanol–water partition coefficient (Wildman–Crippen LogP) is 1.94. The number of hydrogen-bond acceptors (Lipinski definition) is 2. The number of nitrogens with zero attached hydrogens (tertiary/aromatic N) is 2. The van der Waals surface area contributed by atoms with E-state index in [-0.39, 0.29) is 0 Å². The molecule has 14 heavy (non-hydrogen) atoms. The summed E-state index contributed by atoms with van der Waals surface area (Å²) in [4.78, 5) is 0. The molecule has 2 atom stereocenters. The van der Waals surface area contributed by atoms with E-state index in [9.17, 15) is 0 Å². The average molecular weight is 195 g/mol. The third kappa shape index (κ3) is 3.14. The quantitative estimate of drug-likeness (QED) is 0.778. The van der Waals surface area contributed by atoms with Crippen LogP contribution in [0.2, 0.25) is 0 Å². The number of hydrogen-bond donors (Lipinski definition) is 1. The van der Waals surface area contributed by atoms with Crippen molar-refractivity contribution >= 4 is 0 Å². The van der Waals surface area contributed by atoms with Crippen LogP contribution < -0.4 is 5.32 Å². The summed E-state index contributed by atoms with van der Waals surface area (Å²) in [5.74, 6) is 0.728.